The molecule has 1 N–H and O–H groups in total. The largest absolute Gasteiger partial charge is 0.341 e. The van der Waals surface area contributed by atoms with Crippen LogP contribution in [0.4, 0.5) is 0 Å². The highest BCUT2D eigenvalue weighted by Gasteiger charge is 2.33. The lowest BCUT2D eigenvalue weighted by Gasteiger charge is -2.25. The molecule has 0 aromatic carbocycles. The van der Waals surface area contributed by atoms with Crippen molar-refractivity contribution in [1.82, 2.24) is 10.2 Å². The molecule has 0 unspecified atom stereocenters. The van der Waals surface area contributed by atoms with Gasteiger partial charge >= 0.3 is 0 Å². The zero-order valence-electron chi connectivity index (χ0n) is 10.2. The van der Waals surface area contributed by atoms with Crippen LogP contribution in [-0.2, 0) is 14.6 Å². The number of nitrogens with one attached hydrogen (secondary N) is 1. The van der Waals surface area contributed by atoms with Crippen molar-refractivity contribution in [2.24, 2.45) is 11.8 Å². The van der Waals surface area contributed by atoms with Gasteiger partial charge in [0.1, 0.15) is 0 Å². The molecule has 6 heteroatoms. The molecule has 0 bridgehead atoms. The van der Waals surface area contributed by atoms with Gasteiger partial charge in [-0.2, -0.15) is 0 Å². The quantitative estimate of drug-likeness (QED) is 0.689. The maximum Gasteiger partial charge on any atom is 0.227 e. The van der Waals surface area contributed by atoms with Crippen LogP contribution in [0.1, 0.15) is 13.3 Å². The van der Waals surface area contributed by atoms with Gasteiger partial charge in [-0.05, 0) is 18.9 Å². The van der Waals surface area contributed by atoms with Crippen LogP contribution in [0.25, 0.3) is 0 Å². The van der Waals surface area contributed by atoms with Gasteiger partial charge in [0.2, 0.25) is 5.91 Å². The standard InChI is InChI=1S/C11H20N2O3S/c1-9-7-12-8-10(9)11(14)13-3-2-5-17(15,16)6-4-13/h9-10,12H,2-8H2,1H3/t9-,10-/m1/s1. The highest BCUT2D eigenvalue weighted by atomic mass is 32.2. The van der Waals surface area contributed by atoms with Crippen LogP contribution in [0, 0.1) is 11.8 Å². The fraction of sp³-hybridized carbons (Fsp3) is 0.909. The molecule has 2 aliphatic heterocycles. The molecule has 2 fully saturated rings. The van der Waals surface area contributed by atoms with Crippen molar-refractivity contribution in [3.8, 4) is 0 Å². The molecular weight excluding hydrogens is 240 g/mol. The van der Waals surface area contributed by atoms with Gasteiger partial charge in [-0.25, -0.2) is 8.42 Å². The highest BCUT2D eigenvalue weighted by molar-refractivity contribution is 7.91. The summed E-state index contributed by atoms with van der Waals surface area (Å²) in [6, 6.07) is 0. The van der Waals surface area contributed by atoms with Gasteiger partial charge in [-0.15, -0.1) is 0 Å². The van der Waals surface area contributed by atoms with E-state index in [0.29, 0.717) is 25.4 Å². The predicted octanol–water partition coefficient (Wildman–Crippen LogP) is -0.511. The first-order chi connectivity index (χ1) is 7.99. The number of hydrogen-bond donors (Lipinski definition) is 1. The van der Waals surface area contributed by atoms with Gasteiger partial charge in [-0.1, -0.05) is 6.92 Å². The first kappa shape index (κ1) is 12.8. The molecule has 0 saturated carbocycles. The van der Waals surface area contributed by atoms with Crippen molar-refractivity contribution >= 4 is 15.7 Å². The Morgan fingerprint density at radius 3 is 2.65 bits per heavy atom. The second-order valence-electron chi connectivity index (χ2n) is 5.07. The Morgan fingerprint density at radius 1 is 1.24 bits per heavy atom. The fourth-order valence-corrected chi connectivity index (χ4v) is 3.81. The topological polar surface area (TPSA) is 66.5 Å². The Labute approximate surface area is 102 Å². The summed E-state index contributed by atoms with van der Waals surface area (Å²) in [5.74, 6) is 0.834. The summed E-state index contributed by atoms with van der Waals surface area (Å²) < 4.78 is 22.9. The van der Waals surface area contributed by atoms with Crippen molar-refractivity contribution in [1.29, 1.82) is 0 Å². The van der Waals surface area contributed by atoms with Crippen molar-refractivity contribution in [2.45, 2.75) is 13.3 Å². The number of hydrogen-bond acceptors (Lipinski definition) is 4. The van der Waals surface area contributed by atoms with E-state index in [4.69, 9.17) is 0 Å². The number of rotatable bonds is 1. The summed E-state index contributed by atoms with van der Waals surface area (Å²) in [5.41, 5.74) is 0. The molecule has 2 aliphatic rings. The van der Waals surface area contributed by atoms with Gasteiger partial charge in [-0.3, -0.25) is 4.79 Å². The molecular formula is C11H20N2O3S. The second-order valence-corrected chi connectivity index (χ2v) is 7.38. The normalized spacial score (nSPS) is 33.4. The van der Waals surface area contributed by atoms with E-state index in [0.717, 1.165) is 13.1 Å². The number of sulfone groups is 1. The van der Waals surface area contributed by atoms with E-state index < -0.39 is 9.84 Å². The molecule has 0 aliphatic carbocycles. The van der Waals surface area contributed by atoms with Gasteiger partial charge in [0.05, 0.1) is 17.4 Å². The Kier molecular flexibility index (Phi) is 3.73. The molecule has 1 amide bonds. The lowest BCUT2D eigenvalue weighted by molar-refractivity contribution is -0.135. The highest BCUT2D eigenvalue weighted by Crippen LogP contribution is 2.19. The Balaban J connectivity index is 2.00. The number of carbonyl (C=O) groups excluding carboxylic acids is 1. The molecule has 0 aromatic heterocycles. The zero-order valence-corrected chi connectivity index (χ0v) is 11.0. The third-order valence-electron chi connectivity index (χ3n) is 3.70. The van der Waals surface area contributed by atoms with Crippen LogP contribution in [0.2, 0.25) is 0 Å². The molecule has 5 nitrogen and oxygen atoms in total. The minimum atomic E-state index is -2.93. The molecule has 0 radical (unpaired) electrons. The maximum absolute atomic E-state index is 12.3. The van der Waals surface area contributed by atoms with E-state index in [9.17, 15) is 13.2 Å². The average molecular weight is 260 g/mol. The third kappa shape index (κ3) is 2.98. The van der Waals surface area contributed by atoms with Crippen LogP contribution in [0.15, 0.2) is 0 Å². The minimum Gasteiger partial charge on any atom is -0.341 e. The van der Waals surface area contributed by atoms with Crippen molar-refractivity contribution in [2.75, 3.05) is 37.7 Å². The first-order valence-electron chi connectivity index (χ1n) is 6.19. The third-order valence-corrected chi connectivity index (χ3v) is 5.42. The van der Waals surface area contributed by atoms with Crippen molar-refractivity contribution in [3.05, 3.63) is 0 Å². The minimum absolute atomic E-state index is 0.0239. The molecule has 2 atom stereocenters. The van der Waals surface area contributed by atoms with Crippen molar-refractivity contribution in [3.63, 3.8) is 0 Å². The summed E-state index contributed by atoms with van der Waals surface area (Å²) >= 11 is 0. The van der Waals surface area contributed by atoms with E-state index >= 15 is 0 Å². The number of nitrogens with zero attached hydrogens (tertiary/aromatic N) is 1. The molecule has 0 spiro atoms. The van der Waals surface area contributed by atoms with Crippen LogP contribution < -0.4 is 5.32 Å². The van der Waals surface area contributed by atoms with E-state index in [2.05, 4.69) is 12.2 Å². The predicted molar refractivity (Wildman–Crippen MR) is 65.4 cm³/mol. The lowest BCUT2D eigenvalue weighted by Crippen LogP contribution is -2.40. The van der Waals surface area contributed by atoms with E-state index in [1.54, 1.807) is 4.90 Å². The average Bonchev–Trinajstić information content (AvgIpc) is 2.59. The molecule has 0 aromatic rings. The maximum atomic E-state index is 12.3. The molecule has 98 valence electrons. The summed E-state index contributed by atoms with van der Waals surface area (Å²) in [5, 5.41) is 3.21. The SMILES string of the molecule is C[C@@H]1CNC[C@H]1C(=O)N1CCCS(=O)(=O)CC1. The van der Waals surface area contributed by atoms with Crippen LogP contribution in [0.5, 0.6) is 0 Å². The lowest BCUT2D eigenvalue weighted by atomic mass is 9.96. The van der Waals surface area contributed by atoms with Crippen LogP contribution in [-0.4, -0.2) is 56.9 Å². The Morgan fingerprint density at radius 2 is 2.00 bits per heavy atom. The van der Waals surface area contributed by atoms with Crippen LogP contribution >= 0.6 is 0 Å². The second kappa shape index (κ2) is 4.94. The first-order valence-corrected chi connectivity index (χ1v) is 8.02. The fourth-order valence-electron chi connectivity index (χ4n) is 2.53. The number of amides is 1. The molecule has 2 rings (SSSR count). The van der Waals surface area contributed by atoms with Crippen molar-refractivity contribution < 1.29 is 13.2 Å². The summed E-state index contributed by atoms with van der Waals surface area (Å²) in [6.07, 6.45) is 0.572. The van der Waals surface area contributed by atoms with E-state index in [-0.39, 0.29) is 23.3 Å². The summed E-state index contributed by atoms with van der Waals surface area (Å²) in [6.45, 7) is 4.62. The smallest absolute Gasteiger partial charge is 0.227 e. The number of carbonyl (C=O) groups is 1. The van der Waals surface area contributed by atoms with E-state index in [1.165, 1.54) is 0 Å². The van der Waals surface area contributed by atoms with Crippen LogP contribution in [0.3, 0.4) is 0 Å². The van der Waals surface area contributed by atoms with Gasteiger partial charge < -0.3 is 10.2 Å². The molecule has 2 heterocycles. The summed E-state index contributed by atoms with van der Waals surface area (Å²) in [4.78, 5) is 14.0. The molecule has 2 saturated heterocycles. The summed E-state index contributed by atoms with van der Waals surface area (Å²) in [7, 11) is -2.93. The van der Waals surface area contributed by atoms with Gasteiger partial charge in [0.15, 0.2) is 9.84 Å². The van der Waals surface area contributed by atoms with E-state index in [1.807, 2.05) is 0 Å². The Hall–Kier alpha value is -0.620. The van der Waals surface area contributed by atoms with Gasteiger partial charge in [0, 0.05) is 19.6 Å². The molecule has 17 heavy (non-hydrogen) atoms. The monoisotopic (exact) mass is 260 g/mol. The van der Waals surface area contributed by atoms with Gasteiger partial charge in [0.25, 0.3) is 0 Å². The Bertz CT molecular complexity index is 394. The zero-order chi connectivity index (χ0) is 12.5.